The van der Waals surface area contributed by atoms with E-state index in [4.69, 9.17) is 0 Å². The van der Waals surface area contributed by atoms with Crippen molar-refractivity contribution in [3.63, 3.8) is 0 Å². The lowest BCUT2D eigenvalue weighted by atomic mass is 10.1. The Labute approximate surface area is 76.1 Å². The Morgan fingerprint density at radius 1 is 1.38 bits per heavy atom. The zero-order valence-corrected chi connectivity index (χ0v) is 7.28. The minimum atomic E-state index is 0.322. The number of phenols is 1. The summed E-state index contributed by atoms with van der Waals surface area (Å²) in [6.07, 6.45) is 3.39. The Bertz CT molecular complexity index is 407. The second-order valence-electron chi connectivity index (χ2n) is 2.97. The van der Waals surface area contributed by atoms with Gasteiger partial charge in [-0.15, -0.1) is 0 Å². The molecule has 3 nitrogen and oxygen atoms in total. The number of benzene rings is 1. The van der Waals surface area contributed by atoms with Gasteiger partial charge in [-0.1, -0.05) is 0 Å². The highest BCUT2D eigenvalue weighted by Crippen LogP contribution is 2.23. The van der Waals surface area contributed by atoms with Crippen molar-refractivity contribution in [2.24, 2.45) is 0 Å². The largest absolute Gasteiger partial charge is 0.508 e. The average Bonchev–Trinajstić information content (AvgIpc) is 2.62. The molecule has 1 heterocycles. The van der Waals surface area contributed by atoms with Gasteiger partial charge in [0.25, 0.3) is 0 Å². The number of nitrogens with one attached hydrogen (secondary N) is 1. The topological polar surface area (TPSA) is 48.9 Å². The van der Waals surface area contributed by atoms with E-state index in [2.05, 4.69) is 9.97 Å². The summed E-state index contributed by atoms with van der Waals surface area (Å²) >= 11 is 0. The quantitative estimate of drug-likeness (QED) is 0.695. The van der Waals surface area contributed by atoms with Gasteiger partial charge in [0, 0.05) is 5.56 Å². The van der Waals surface area contributed by atoms with Gasteiger partial charge < -0.3 is 10.1 Å². The van der Waals surface area contributed by atoms with E-state index >= 15 is 0 Å². The van der Waals surface area contributed by atoms with Gasteiger partial charge in [-0.25, -0.2) is 4.98 Å². The molecule has 0 bridgehead atoms. The van der Waals surface area contributed by atoms with Crippen LogP contribution in [0.4, 0.5) is 0 Å². The molecular weight excluding hydrogens is 164 g/mol. The number of rotatable bonds is 1. The third kappa shape index (κ3) is 1.40. The summed E-state index contributed by atoms with van der Waals surface area (Å²) < 4.78 is 0. The standard InChI is InChI=1S/C10H10N2O/c1-7-4-8(2-3-10(7)13)9-5-11-6-12-9/h2-6,13H,1H3,(H,11,12). The Morgan fingerprint density at radius 3 is 2.85 bits per heavy atom. The average molecular weight is 174 g/mol. The number of H-pyrrole nitrogens is 1. The number of nitrogens with zero attached hydrogens (tertiary/aromatic N) is 1. The van der Waals surface area contributed by atoms with Crippen LogP contribution in [0, 0.1) is 6.92 Å². The predicted molar refractivity (Wildman–Crippen MR) is 50.4 cm³/mol. The van der Waals surface area contributed by atoms with Crippen molar-refractivity contribution in [2.75, 3.05) is 0 Å². The lowest BCUT2D eigenvalue weighted by Crippen LogP contribution is -1.79. The first-order chi connectivity index (χ1) is 6.27. The maximum Gasteiger partial charge on any atom is 0.118 e. The van der Waals surface area contributed by atoms with Gasteiger partial charge >= 0.3 is 0 Å². The minimum Gasteiger partial charge on any atom is -0.508 e. The van der Waals surface area contributed by atoms with Crippen LogP contribution in [0.3, 0.4) is 0 Å². The predicted octanol–water partition coefficient (Wildman–Crippen LogP) is 2.09. The van der Waals surface area contributed by atoms with E-state index in [1.54, 1.807) is 18.6 Å². The molecule has 66 valence electrons. The molecule has 1 aromatic carbocycles. The van der Waals surface area contributed by atoms with E-state index in [9.17, 15) is 5.11 Å². The van der Waals surface area contributed by atoms with Crippen molar-refractivity contribution in [3.8, 4) is 17.0 Å². The highest BCUT2D eigenvalue weighted by atomic mass is 16.3. The second-order valence-corrected chi connectivity index (χ2v) is 2.97. The van der Waals surface area contributed by atoms with Crippen LogP contribution in [0.15, 0.2) is 30.7 Å². The maximum absolute atomic E-state index is 9.32. The highest BCUT2D eigenvalue weighted by molar-refractivity contribution is 5.60. The van der Waals surface area contributed by atoms with Crippen molar-refractivity contribution in [2.45, 2.75) is 6.92 Å². The molecule has 0 spiro atoms. The van der Waals surface area contributed by atoms with E-state index in [0.717, 1.165) is 16.8 Å². The van der Waals surface area contributed by atoms with Crippen LogP contribution in [0.25, 0.3) is 11.3 Å². The number of imidazole rings is 1. The maximum atomic E-state index is 9.32. The Morgan fingerprint density at radius 2 is 2.23 bits per heavy atom. The number of aryl methyl sites for hydroxylation is 1. The first kappa shape index (κ1) is 7.86. The molecule has 0 amide bonds. The van der Waals surface area contributed by atoms with Crippen LogP contribution in [-0.4, -0.2) is 15.1 Å². The van der Waals surface area contributed by atoms with Crippen LogP contribution < -0.4 is 0 Å². The molecule has 3 heteroatoms. The fourth-order valence-electron chi connectivity index (χ4n) is 1.24. The second kappa shape index (κ2) is 2.94. The smallest absolute Gasteiger partial charge is 0.118 e. The van der Waals surface area contributed by atoms with Crippen LogP contribution in [0.5, 0.6) is 5.75 Å². The van der Waals surface area contributed by atoms with Gasteiger partial charge in [0.1, 0.15) is 5.75 Å². The van der Waals surface area contributed by atoms with Gasteiger partial charge in [-0.2, -0.15) is 0 Å². The molecule has 13 heavy (non-hydrogen) atoms. The van der Waals surface area contributed by atoms with E-state index < -0.39 is 0 Å². The monoisotopic (exact) mass is 174 g/mol. The summed E-state index contributed by atoms with van der Waals surface area (Å²) in [5.74, 6) is 0.322. The first-order valence-electron chi connectivity index (χ1n) is 4.06. The molecule has 0 fully saturated rings. The van der Waals surface area contributed by atoms with Crippen molar-refractivity contribution < 1.29 is 5.11 Å². The summed E-state index contributed by atoms with van der Waals surface area (Å²) in [4.78, 5) is 6.94. The number of hydrogen-bond acceptors (Lipinski definition) is 2. The molecule has 0 unspecified atom stereocenters. The Kier molecular flexibility index (Phi) is 1.77. The van der Waals surface area contributed by atoms with Crippen molar-refractivity contribution in [3.05, 3.63) is 36.3 Å². The summed E-state index contributed by atoms with van der Waals surface area (Å²) in [7, 11) is 0. The molecule has 0 aliphatic heterocycles. The SMILES string of the molecule is Cc1cc(-c2cnc[nH]2)ccc1O. The molecule has 2 aromatic rings. The summed E-state index contributed by atoms with van der Waals surface area (Å²) in [5.41, 5.74) is 2.86. The van der Waals surface area contributed by atoms with Gasteiger partial charge in [0.05, 0.1) is 18.2 Å². The van der Waals surface area contributed by atoms with Crippen LogP contribution >= 0.6 is 0 Å². The molecule has 0 aliphatic carbocycles. The molecule has 0 atom stereocenters. The molecule has 2 rings (SSSR count). The fourth-order valence-corrected chi connectivity index (χ4v) is 1.24. The molecule has 0 saturated carbocycles. The van der Waals surface area contributed by atoms with Crippen LogP contribution in [0.2, 0.25) is 0 Å². The first-order valence-corrected chi connectivity index (χ1v) is 4.06. The van der Waals surface area contributed by atoms with E-state index in [1.165, 1.54) is 0 Å². The van der Waals surface area contributed by atoms with Gasteiger partial charge in [-0.05, 0) is 30.7 Å². The lowest BCUT2D eigenvalue weighted by molar-refractivity contribution is 0.471. The van der Waals surface area contributed by atoms with Crippen molar-refractivity contribution >= 4 is 0 Å². The number of hydrogen-bond donors (Lipinski definition) is 2. The fraction of sp³-hybridized carbons (Fsp3) is 0.100. The van der Waals surface area contributed by atoms with E-state index in [1.807, 2.05) is 19.1 Å². The Balaban J connectivity index is 2.49. The molecule has 0 aliphatic rings. The van der Waals surface area contributed by atoms with Crippen molar-refractivity contribution in [1.82, 2.24) is 9.97 Å². The molecule has 2 N–H and O–H groups in total. The zero-order valence-electron chi connectivity index (χ0n) is 7.28. The zero-order chi connectivity index (χ0) is 9.26. The van der Waals surface area contributed by atoms with E-state index in [0.29, 0.717) is 5.75 Å². The number of phenolic OH excluding ortho intramolecular Hbond substituents is 1. The van der Waals surface area contributed by atoms with Crippen molar-refractivity contribution in [1.29, 1.82) is 0 Å². The van der Waals surface area contributed by atoms with Gasteiger partial charge in [0.15, 0.2) is 0 Å². The molecule has 0 radical (unpaired) electrons. The number of aromatic hydroxyl groups is 1. The highest BCUT2D eigenvalue weighted by Gasteiger charge is 2.00. The van der Waals surface area contributed by atoms with Gasteiger partial charge in [-0.3, -0.25) is 0 Å². The molecule has 1 aromatic heterocycles. The van der Waals surface area contributed by atoms with Crippen LogP contribution in [0.1, 0.15) is 5.56 Å². The third-order valence-electron chi connectivity index (χ3n) is 2.01. The summed E-state index contributed by atoms with van der Waals surface area (Å²) in [6.45, 7) is 1.87. The Hall–Kier alpha value is -1.77. The molecular formula is C10H10N2O. The molecule has 0 saturated heterocycles. The number of aromatic nitrogens is 2. The summed E-state index contributed by atoms with van der Waals surface area (Å²) in [5, 5.41) is 9.32. The number of aromatic amines is 1. The third-order valence-corrected chi connectivity index (χ3v) is 2.01. The minimum absolute atomic E-state index is 0.322. The normalized spacial score (nSPS) is 10.2. The summed E-state index contributed by atoms with van der Waals surface area (Å²) in [6, 6.07) is 5.46. The van der Waals surface area contributed by atoms with Gasteiger partial charge in [0.2, 0.25) is 0 Å². The van der Waals surface area contributed by atoms with Crippen LogP contribution in [-0.2, 0) is 0 Å². The lowest BCUT2D eigenvalue weighted by Gasteiger charge is -2.01. The van der Waals surface area contributed by atoms with E-state index in [-0.39, 0.29) is 0 Å².